The van der Waals surface area contributed by atoms with E-state index >= 15 is 0 Å². The minimum atomic E-state index is -1.82. The van der Waals surface area contributed by atoms with Gasteiger partial charge in [0.05, 0.1) is 19.8 Å². The first-order valence-electron chi connectivity index (χ1n) is 14.6. The second-order valence-corrected chi connectivity index (χ2v) is 10.3. The first kappa shape index (κ1) is 39.5. The van der Waals surface area contributed by atoms with Crippen molar-refractivity contribution in [2.45, 2.75) is 25.7 Å². The Labute approximate surface area is 267 Å². The number of amides is 1. The van der Waals surface area contributed by atoms with Crippen LogP contribution in [0.5, 0.6) is 0 Å². The number of nitrogens with zero attached hydrogens (tertiary/aromatic N) is 3. The Bertz CT molecular complexity index is 1190. The Balaban J connectivity index is 0.000000694. The van der Waals surface area contributed by atoms with E-state index in [0.717, 1.165) is 78.2 Å². The summed E-state index contributed by atoms with van der Waals surface area (Å²) in [5.41, 5.74) is 5.41. The third-order valence-electron chi connectivity index (χ3n) is 7.10. The molecule has 1 fully saturated rings. The largest absolute Gasteiger partial charge is 0.473 e. The lowest BCUT2D eigenvalue weighted by Crippen LogP contribution is -2.39. The molecule has 15 nitrogen and oxygen atoms in total. The average Bonchev–Trinajstić information content (AvgIpc) is 3.18. The first-order valence-corrected chi connectivity index (χ1v) is 14.6. The summed E-state index contributed by atoms with van der Waals surface area (Å²) in [6, 6.07) is 17.5. The number of carbonyl (C=O) groups is 5. The van der Waals surface area contributed by atoms with Crippen LogP contribution in [0.25, 0.3) is 0 Å². The maximum atomic E-state index is 12.6. The highest BCUT2D eigenvalue weighted by Crippen LogP contribution is 2.35. The third-order valence-corrected chi connectivity index (χ3v) is 7.10. The fraction of sp³-hybridized carbons (Fsp3) is 0.452. The molecule has 2 aliphatic rings. The molecule has 254 valence electrons. The van der Waals surface area contributed by atoms with E-state index in [-0.39, 0.29) is 11.4 Å². The number of hydrogen-bond donors (Lipinski definition) is 5. The molecule has 2 aromatic rings. The van der Waals surface area contributed by atoms with Crippen molar-refractivity contribution in [1.29, 1.82) is 0 Å². The number of aryl methyl sites for hydroxylation is 2. The molecule has 2 aromatic carbocycles. The summed E-state index contributed by atoms with van der Waals surface area (Å²) < 4.78 is 5.39. The van der Waals surface area contributed by atoms with Gasteiger partial charge < -0.3 is 45.8 Å². The zero-order valence-corrected chi connectivity index (χ0v) is 25.9. The number of ether oxygens (including phenoxy) is 1. The summed E-state index contributed by atoms with van der Waals surface area (Å²) in [6.07, 6.45) is 4.13. The van der Waals surface area contributed by atoms with Crippen molar-refractivity contribution in [3.8, 4) is 0 Å². The molecule has 0 atom stereocenters. The quantitative estimate of drug-likeness (QED) is 0.176. The highest BCUT2D eigenvalue weighted by atomic mass is 16.5. The number of para-hydroxylation sites is 2. The van der Waals surface area contributed by atoms with Crippen LogP contribution >= 0.6 is 0 Å². The first-order chi connectivity index (χ1) is 21.5. The monoisotopic (exact) mass is 648 g/mol. The fourth-order valence-corrected chi connectivity index (χ4v) is 4.78. The van der Waals surface area contributed by atoms with Crippen LogP contribution in [0, 0.1) is 0 Å². The van der Waals surface area contributed by atoms with Crippen LogP contribution in [-0.2, 0) is 41.6 Å². The van der Waals surface area contributed by atoms with Crippen molar-refractivity contribution >= 4 is 41.2 Å². The highest BCUT2D eigenvalue weighted by Gasteiger charge is 2.20. The van der Waals surface area contributed by atoms with Crippen molar-refractivity contribution in [3.05, 3.63) is 59.7 Å². The molecule has 0 bridgehead atoms. The number of nitrogens with one attached hydrogen (secondary N) is 1. The molecule has 4 rings (SSSR count). The number of fused-ring (bicyclic) bond motifs is 2. The maximum absolute atomic E-state index is 12.6. The fourth-order valence-electron chi connectivity index (χ4n) is 4.78. The van der Waals surface area contributed by atoms with E-state index in [1.54, 1.807) is 0 Å². The summed E-state index contributed by atoms with van der Waals surface area (Å²) >= 11 is 0. The SMILES string of the molecule is CN(CCCN1c2ccccc2CCc2ccccc21)C(=O)CNCCCN1CCOCC1.O.O=C(O)C(=O)O.O=C(O)C(=O)O. The lowest BCUT2D eigenvalue weighted by atomic mass is 10.0. The molecule has 0 aromatic heterocycles. The molecule has 15 heteroatoms. The Kier molecular flexibility index (Phi) is 18.2. The number of benzene rings is 2. The van der Waals surface area contributed by atoms with E-state index in [9.17, 15) is 4.79 Å². The number of likely N-dealkylation sites (N-methyl/N-ethyl adjacent to an activating group) is 1. The summed E-state index contributed by atoms with van der Waals surface area (Å²) in [6.45, 7) is 7.73. The second-order valence-electron chi connectivity index (χ2n) is 10.3. The lowest BCUT2D eigenvalue weighted by molar-refractivity contribution is -0.159. The van der Waals surface area contributed by atoms with Gasteiger partial charge in [0.15, 0.2) is 0 Å². The van der Waals surface area contributed by atoms with E-state index < -0.39 is 23.9 Å². The Morgan fingerprint density at radius 3 is 1.72 bits per heavy atom. The number of morpholine rings is 1. The zero-order valence-electron chi connectivity index (χ0n) is 25.9. The van der Waals surface area contributed by atoms with Gasteiger partial charge in [0.2, 0.25) is 5.91 Å². The number of carboxylic acid groups (broad SMARTS) is 4. The predicted molar refractivity (Wildman–Crippen MR) is 168 cm³/mol. The summed E-state index contributed by atoms with van der Waals surface area (Å²) in [7, 11) is 1.92. The van der Waals surface area contributed by atoms with Gasteiger partial charge in [-0.25, -0.2) is 19.2 Å². The second kappa shape index (κ2) is 21.2. The Morgan fingerprint density at radius 2 is 1.24 bits per heavy atom. The van der Waals surface area contributed by atoms with E-state index in [1.807, 2.05) is 11.9 Å². The number of carboxylic acids is 4. The Morgan fingerprint density at radius 1 is 0.761 bits per heavy atom. The van der Waals surface area contributed by atoms with Crippen LogP contribution in [0.3, 0.4) is 0 Å². The summed E-state index contributed by atoms with van der Waals surface area (Å²) in [5.74, 6) is -7.13. The molecule has 2 aliphatic heterocycles. The molecule has 0 saturated carbocycles. The van der Waals surface area contributed by atoms with Crippen molar-refractivity contribution in [1.82, 2.24) is 15.1 Å². The zero-order chi connectivity index (χ0) is 33.2. The third kappa shape index (κ3) is 14.0. The van der Waals surface area contributed by atoms with Crippen LogP contribution < -0.4 is 10.2 Å². The van der Waals surface area contributed by atoms with Crippen LogP contribution in [0.2, 0.25) is 0 Å². The maximum Gasteiger partial charge on any atom is 0.414 e. The number of rotatable bonds is 10. The summed E-state index contributed by atoms with van der Waals surface area (Å²) in [5, 5.41) is 32.9. The van der Waals surface area contributed by atoms with Crippen molar-refractivity contribution in [2.75, 3.05) is 71.0 Å². The van der Waals surface area contributed by atoms with Gasteiger partial charge in [0.1, 0.15) is 0 Å². The van der Waals surface area contributed by atoms with Crippen LogP contribution in [0.15, 0.2) is 48.5 Å². The molecule has 0 radical (unpaired) electrons. The van der Waals surface area contributed by atoms with Gasteiger partial charge in [-0.1, -0.05) is 36.4 Å². The van der Waals surface area contributed by atoms with E-state index in [1.165, 1.54) is 22.5 Å². The van der Waals surface area contributed by atoms with Gasteiger partial charge >= 0.3 is 23.9 Å². The molecular weight excluding hydrogens is 604 g/mol. The minimum Gasteiger partial charge on any atom is -0.473 e. The molecule has 2 heterocycles. The molecule has 46 heavy (non-hydrogen) atoms. The van der Waals surface area contributed by atoms with Gasteiger partial charge in [-0.15, -0.1) is 0 Å². The van der Waals surface area contributed by atoms with Crippen molar-refractivity contribution in [3.63, 3.8) is 0 Å². The number of aliphatic carboxylic acids is 4. The minimum absolute atomic E-state index is 0. The average molecular weight is 649 g/mol. The lowest BCUT2D eigenvalue weighted by Gasteiger charge is -2.28. The van der Waals surface area contributed by atoms with E-state index in [4.69, 9.17) is 44.3 Å². The predicted octanol–water partition coefficient (Wildman–Crippen LogP) is 0.570. The van der Waals surface area contributed by atoms with Gasteiger partial charge in [-0.3, -0.25) is 9.69 Å². The normalized spacial score (nSPS) is 13.5. The standard InChI is InChI=1S/C27H38N4O2.2C2H2O4.H2O/c1-29(27(32)22-28-14-6-16-30-18-20-33-21-19-30)15-7-17-31-25-10-4-2-8-23(25)12-13-24-9-3-5-11-26(24)31;2*3-1(4)2(5)6;/h2-5,8-11,28H,6-7,12-22H2,1H3;2*(H,3,4)(H,5,6);1H2. The molecule has 0 spiro atoms. The highest BCUT2D eigenvalue weighted by molar-refractivity contribution is 6.27. The van der Waals surface area contributed by atoms with Crippen LogP contribution in [0.4, 0.5) is 11.4 Å². The van der Waals surface area contributed by atoms with Gasteiger partial charge in [0, 0.05) is 44.6 Å². The topological polar surface area (TPSA) is 229 Å². The summed E-state index contributed by atoms with van der Waals surface area (Å²) in [4.78, 5) is 55.7. The van der Waals surface area contributed by atoms with E-state index in [0.29, 0.717) is 6.54 Å². The van der Waals surface area contributed by atoms with Crippen LogP contribution in [0.1, 0.15) is 24.0 Å². The van der Waals surface area contributed by atoms with E-state index in [2.05, 4.69) is 63.6 Å². The number of carbonyl (C=O) groups excluding carboxylic acids is 1. The van der Waals surface area contributed by atoms with Crippen LogP contribution in [-0.4, -0.2) is 132 Å². The molecule has 7 N–H and O–H groups in total. The Hall–Kier alpha value is -4.57. The van der Waals surface area contributed by atoms with Gasteiger partial charge in [-0.2, -0.15) is 0 Å². The molecular formula is C31H44N4O11. The molecule has 0 unspecified atom stereocenters. The molecule has 1 amide bonds. The van der Waals surface area contributed by atoms with Crippen molar-refractivity contribution in [2.24, 2.45) is 0 Å². The smallest absolute Gasteiger partial charge is 0.414 e. The van der Waals surface area contributed by atoms with Crippen molar-refractivity contribution < 1.29 is 54.6 Å². The number of anilines is 2. The van der Waals surface area contributed by atoms with Gasteiger partial charge in [0.25, 0.3) is 0 Å². The number of hydrogen-bond acceptors (Lipinski definition) is 9. The van der Waals surface area contributed by atoms with Gasteiger partial charge in [-0.05, 0) is 62.0 Å². The molecule has 0 aliphatic carbocycles. The molecule has 1 saturated heterocycles.